The van der Waals surface area contributed by atoms with Crippen molar-refractivity contribution < 1.29 is 0 Å². The lowest BCUT2D eigenvalue weighted by molar-refractivity contribution is 0.196. The second-order valence-electron chi connectivity index (χ2n) is 11.6. The van der Waals surface area contributed by atoms with E-state index >= 15 is 0 Å². The predicted molar refractivity (Wildman–Crippen MR) is 170 cm³/mol. The highest BCUT2D eigenvalue weighted by Crippen LogP contribution is 2.40. The predicted octanol–water partition coefficient (Wildman–Crippen LogP) is 4.64. The van der Waals surface area contributed by atoms with Crippen molar-refractivity contribution in [3.05, 3.63) is 125 Å². The largest absolute Gasteiger partial charge is 0.380 e. The first-order valence-corrected chi connectivity index (χ1v) is 15.4. The second kappa shape index (κ2) is 14.5. The van der Waals surface area contributed by atoms with Gasteiger partial charge in [-0.05, 0) is 60.0 Å². The zero-order valence-electron chi connectivity index (χ0n) is 24.5. The van der Waals surface area contributed by atoms with Crippen LogP contribution in [0.25, 0.3) is 0 Å². The van der Waals surface area contributed by atoms with Crippen LogP contribution in [0.2, 0.25) is 0 Å². The van der Waals surface area contributed by atoms with E-state index in [-0.39, 0.29) is 0 Å². The third-order valence-corrected chi connectivity index (χ3v) is 8.51. The third-order valence-electron chi connectivity index (χ3n) is 8.51. The van der Waals surface area contributed by atoms with Gasteiger partial charge in [0.2, 0.25) is 0 Å². The molecule has 7 nitrogen and oxygen atoms in total. The average Bonchev–Trinajstić information content (AvgIpc) is 3.41. The van der Waals surface area contributed by atoms with Crippen molar-refractivity contribution in [2.75, 3.05) is 44.6 Å². The Morgan fingerprint density at radius 3 is 2.07 bits per heavy atom. The first kappa shape index (κ1) is 28.5. The minimum atomic E-state index is 0.529. The molecule has 4 heterocycles. The molecule has 2 atom stereocenters. The summed E-state index contributed by atoms with van der Waals surface area (Å²) < 4.78 is 0. The average molecular weight is 562 g/mol. The number of nitrogens with one attached hydrogen (secondary N) is 3. The van der Waals surface area contributed by atoms with E-state index in [0.29, 0.717) is 12.0 Å². The lowest BCUT2D eigenvalue weighted by Crippen LogP contribution is -2.43. The van der Waals surface area contributed by atoms with Crippen molar-refractivity contribution in [3.8, 4) is 0 Å². The number of rotatable bonds is 14. The van der Waals surface area contributed by atoms with Gasteiger partial charge in [0.05, 0.1) is 11.4 Å². The smallest absolute Gasteiger partial charge is 0.0541 e. The van der Waals surface area contributed by atoms with Crippen LogP contribution < -0.4 is 16.0 Å². The molecule has 0 spiro atoms. The summed E-state index contributed by atoms with van der Waals surface area (Å²) in [7, 11) is 0. The molecule has 1 saturated heterocycles. The van der Waals surface area contributed by atoms with Crippen LogP contribution in [0.3, 0.4) is 0 Å². The monoisotopic (exact) mass is 561 g/mol. The van der Waals surface area contributed by atoms with E-state index in [4.69, 9.17) is 0 Å². The van der Waals surface area contributed by atoms with E-state index in [1.165, 1.54) is 28.8 Å². The minimum Gasteiger partial charge on any atom is -0.380 e. The van der Waals surface area contributed by atoms with Gasteiger partial charge < -0.3 is 16.0 Å². The van der Waals surface area contributed by atoms with E-state index in [2.05, 4.69) is 96.4 Å². The molecule has 6 rings (SSSR count). The number of hydrogen-bond donors (Lipinski definition) is 3. The molecule has 0 saturated carbocycles. The summed E-state index contributed by atoms with van der Waals surface area (Å²) >= 11 is 0. The van der Waals surface area contributed by atoms with Gasteiger partial charge in [0.15, 0.2) is 0 Å². The number of piperidine rings is 1. The number of hydrogen-bond acceptors (Lipinski definition) is 7. The highest BCUT2D eigenvalue weighted by Gasteiger charge is 2.36. The van der Waals surface area contributed by atoms with E-state index < -0.39 is 0 Å². The van der Waals surface area contributed by atoms with Crippen molar-refractivity contribution >= 4 is 5.69 Å². The quantitative estimate of drug-likeness (QED) is 0.194. The maximum absolute atomic E-state index is 4.43. The Morgan fingerprint density at radius 1 is 0.762 bits per heavy atom. The molecule has 4 aromatic rings. The fourth-order valence-corrected chi connectivity index (χ4v) is 6.28. The van der Waals surface area contributed by atoms with Crippen molar-refractivity contribution in [2.24, 2.45) is 0 Å². The van der Waals surface area contributed by atoms with E-state index in [1.807, 2.05) is 36.7 Å². The molecule has 7 heteroatoms. The van der Waals surface area contributed by atoms with E-state index in [1.54, 1.807) is 0 Å². The Balaban J connectivity index is 0.990. The summed E-state index contributed by atoms with van der Waals surface area (Å²) in [6.45, 7) is 9.59. The topological polar surface area (TPSA) is 68.3 Å². The standard InChI is InChI=1S/C35H43N7/c1-2-10-34-32(9-1)33-15-20-42(27-35(33)40-34)26-29-13-11-28(12-14-29)25-41(21-18-36-23-30-7-3-5-16-38-30)22-19-37-24-31-8-4-6-17-39-31/h1-14,16-17,33,35-37,40H,15,18-27H2. The fourth-order valence-electron chi connectivity index (χ4n) is 6.28. The molecular weight excluding hydrogens is 518 g/mol. The van der Waals surface area contributed by atoms with Crippen LogP contribution in [0.15, 0.2) is 97.3 Å². The Labute approximate surface area is 250 Å². The van der Waals surface area contributed by atoms with Gasteiger partial charge in [0, 0.05) is 88.9 Å². The van der Waals surface area contributed by atoms with Crippen molar-refractivity contribution in [3.63, 3.8) is 0 Å². The molecule has 0 radical (unpaired) electrons. The third kappa shape index (κ3) is 7.81. The zero-order valence-corrected chi connectivity index (χ0v) is 24.5. The van der Waals surface area contributed by atoms with Gasteiger partial charge in [-0.25, -0.2) is 0 Å². The Morgan fingerprint density at radius 2 is 1.40 bits per heavy atom. The molecule has 1 fully saturated rings. The number of nitrogens with zero attached hydrogens (tertiary/aromatic N) is 4. The Kier molecular flexibility index (Phi) is 9.85. The minimum absolute atomic E-state index is 0.529. The molecule has 2 aliphatic rings. The number of anilines is 1. The van der Waals surface area contributed by atoms with Gasteiger partial charge >= 0.3 is 0 Å². The molecule has 3 N–H and O–H groups in total. The second-order valence-corrected chi connectivity index (χ2v) is 11.6. The molecular formula is C35H43N7. The number of aromatic nitrogens is 2. The zero-order chi connectivity index (χ0) is 28.4. The molecule has 0 bridgehead atoms. The summed E-state index contributed by atoms with van der Waals surface area (Å²) in [6.07, 6.45) is 4.93. The summed E-state index contributed by atoms with van der Waals surface area (Å²) in [4.78, 5) is 14.0. The number of fused-ring (bicyclic) bond motifs is 3. The molecule has 2 unspecified atom stereocenters. The van der Waals surface area contributed by atoms with Crippen molar-refractivity contribution in [1.29, 1.82) is 0 Å². The number of pyridine rings is 2. The molecule has 2 aromatic heterocycles. The summed E-state index contributed by atoms with van der Waals surface area (Å²) in [6, 6.07) is 30.8. The van der Waals surface area contributed by atoms with Crippen LogP contribution in [0.1, 0.15) is 40.4 Å². The summed E-state index contributed by atoms with van der Waals surface area (Å²) in [5, 5.41) is 10.9. The van der Waals surface area contributed by atoms with Gasteiger partial charge in [-0.2, -0.15) is 0 Å². The molecule has 0 amide bonds. The van der Waals surface area contributed by atoms with Gasteiger partial charge in [-0.15, -0.1) is 0 Å². The number of benzene rings is 2. The highest BCUT2D eigenvalue weighted by atomic mass is 15.2. The number of para-hydroxylation sites is 1. The SMILES string of the molecule is c1ccc(CNCCN(CCNCc2ccccn2)Cc2ccc(CN3CCC4c5ccccc5NC4C3)cc2)nc1. The van der Waals surface area contributed by atoms with Gasteiger partial charge in [0.25, 0.3) is 0 Å². The lowest BCUT2D eigenvalue weighted by atomic mass is 9.88. The maximum atomic E-state index is 4.43. The van der Waals surface area contributed by atoms with Crippen LogP contribution in [0.5, 0.6) is 0 Å². The van der Waals surface area contributed by atoms with Crippen LogP contribution in [0.4, 0.5) is 5.69 Å². The van der Waals surface area contributed by atoms with Gasteiger partial charge in [-0.3, -0.25) is 19.8 Å². The molecule has 218 valence electrons. The van der Waals surface area contributed by atoms with Crippen molar-refractivity contribution in [2.45, 2.75) is 44.6 Å². The van der Waals surface area contributed by atoms with Crippen molar-refractivity contribution in [1.82, 2.24) is 30.4 Å². The maximum Gasteiger partial charge on any atom is 0.0541 e. The van der Waals surface area contributed by atoms with Crippen LogP contribution in [-0.4, -0.2) is 65.1 Å². The first-order valence-electron chi connectivity index (χ1n) is 15.4. The highest BCUT2D eigenvalue weighted by molar-refractivity contribution is 5.59. The van der Waals surface area contributed by atoms with Crippen LogP contribution in [-0.2, 0) is 26.2 Å². The molecule has 42 heavy (non-hydrogen) atoms. The molecule has 2 aromatic carbocycles. The molecule has 0 aliphatic carbocycles. The Bertz CT molecular complexity index is 1320. The normalized spacial score (nSPS) is 18.0. The fraction of sp³-hybridized carbons (Fsp3) is 0.371. The van der Waals surface area contributed by atoms with E-state index in [9.17, 15) is 0 Å². The molecule has 2 aliphatic heterocycles. The first-order chi connectivity index (χ1) is 20.8. The summed E-state index contributed by atoms with van der Waals surface area (Å²) in [5.74, 6) is 0.655. The van der Waals surface area contributed by atoms with Crippen LogP contribution >= 0.6 is 0 Å². The summed E-state index contributed by atoms with van der Waals surface area (Å²) in [5.41, 5.74) is 7.76. The Hall–Kier alpha value is -3.62. The van der Waals surface area contributed by atoms with Crippen LogP contribution in [0, 0.1) is 0 Å². The lowest BCUT2D eigenvalue weighted by Gasteiger charge is -2.35. The van der Waals surface area contributed by atoms with Gasteiger partial charge in [0.1, 0.15) is 0 Å². The van der Waals surface area contributed by atoms with E-state index in [0.717, 1.165) is 76.8 Å². The number of likely N-dealkylation sites (tertiary alicyclic amines) is 1. The van der Waals surface area contributed by atoms with Gasteiger partial charge in [-0.1, -0.05) is 54.6 Å².